The third-order valence-corrected chi connectivity index (χ3v) is 5.15. The number of likely N-dealkylation sites (tertiary alicyclic amines) is 1. The van der Waals surface area contributed by atoms with Gasteiger partial charge in [0.25, 0.3) is 0 Å². The number of hydrogen-bond acceptors (Lipinski definition) is 6. The Morgan fingerprint density at radius 1 is 1.33 bits per heavy atom. The van der Waals surface area contributed by atoms with Crippen LogP contribution in [-0.2, 0) is 19.1 Å². The van der Waals surface area contributed by atoms with Crippen LogP contribution in [0.2, 0.25) is 5.02 Å². The Bertz CT molecular complexity index is 707. The first kappa shape index (κ1) is 16.9. The average molecular weight is 353 g/mol. The fourth-order valence-electron chi connectivity index (χ4n) is 3.68. The van der Waals surface area contributed by atoms with Crippen LogP contribution in [0.5, 0.6) is 0 Å². The van der Waals surface area contributed by atoms with Crippen molar-refractivity contribution in [1.29, 1.82) is 0 Å². The predicted octanol–water partition coefficient (Wildman–Crippen LogP) is 0.119. The second kappa shape index (κ2) is 5.84. The maximum Gasteiger partial charge on any atom is 0.329 e. The molecule has 2 saturated heterocycles. The molecule has 7 nitrogen and oxygen atoms in total. The number of ether oxygens (including phenoxy) is 1. The van der Waals surface area contributed by atoms with Crippen LogP contribution in [0.25, 0.3) is 0 Å². The maximum atomic E-state index is 12.6. The Morgan fingerprint density at radius 3 is 2.50 bits per heavy atom. The van der Waals surface area contributed by atoms with Crippen LogP contribution < -0.4 is 5.32 Å². The SMILES string of the molecule is COC(=O)[C@]1(CO)N[C@@H](c2ccc(Cl)cc2)[C@H]2C(=O)N(C)C(=O)[C@H]21. The van der Waals surface area contributed by atoms with Gasteiger partial charge in [0.2, 0.25) is 11.8 Å². The summed E-state index contributed by atoms with van der Waals surface area (Å²) in [5.41, 5.74) is -0.952. The number of imide groups is 1. The van der Waals surface area contributed by atoms with Gasteiger partial charge in [-0.3, -0.25) is 19.8 Å². The molecule has 2 heterocycles. The Balaban J connectivity index is 2.12. The topological polar surface area (TPSA) is 95.9 Å². The first-order valence-electron chi connectivity index (χ1n) is 7.41. The lowest BCUT2D eigenvalue weighted by atomic mass is 9.79. The number of methoxy groups -OCH3 is 1. The smallest absolute Gasteiger partial charge is 0.329 e. The van der Waals surface area contributed by atoms with Crippen LogP contribution in [0, 0.1) is 11.8 Å². The third kappa shape index (κ3) is 2.16. The molecule has 1 aromatic carbocycles. The van der Waals surface area contributed by atoms with E-state index in [-0.39, 0.29) is 0 Å². The number of nitrogens with one attached hydrogen (secondary N) is 1. The zero-order chi connectivity index (χ0) is 17.6. The van der Waals surface area contributed by atoms with Gasteiger partial charge in [-0.15, -0.1) is 0 Å². The van der Waals surface area contributed by atoms with E-state index in [9.17, 15) is 19.5 Å². The van der Waals surface area contributed by atoms with E-state index in [1.54, 1.807) is 24.3 Å². The van der Waals surface area contributed by atoms with E-state index in [1.807, 2.05) is 0 Å². The normalized spacial score (nSPS) is 32.2. The maximum absolute atomic E-state index is 12.6. The summed E-state index contributed by atoms with van der Waals surface area (Å²) in [6, 6.07) is 6.15. The molecule has 0 unspecified atom stereocenters. The van der Waals surface area contributed by atoms with E-state index in [0.717, 1.165) is 4.90 Å². The number of carbonyl (C=O) groups excluding carboxylic acids is 3. The van der Waals surface area contributed by atoms with Crippen LogP contribution in [0.1, 0.15) is 11.6 Å². The van der Waals surface area contributed by atoms with Crippen LogP contribution in [-0.4, -0.2) is 54.1 Å². The number of benzene rings is 1. The van der Waals surface area contributed by atoms with E-state index in [0.29, 0.717) is 10.6 Å². The summed E-state index contributed by atoms with van der Waals surface area (Å²) in [6.07, 6.45) is 0. The van der Waals surface area contributed by atoms with Gasteiger partial charge in [0.15, 0.2) is 5.54 Å². The van der Waals surface area contributed by atoms with E-state index in [1.165, 1.54) is 14.2 Å². The summed E-state index contributed by atoms with van der Waals surface area (Å²) < 4.78 is 4.79. The first-order valence-corrected chi connectivity index (χ1v) is 7.79. The third-order valence-electron chi connectivity index (χ3n) is 4.90. The standard InChI is InChI=1S/C16H17ClN2O5/c1-19-13(21)10-11(14(19)22)16(7-20,15(23)24-2)18-12(10)8-3-5-9(17)6-4-8/h3-6,10-12,18,20H,7H2,1-2H3/t10-,11-,12-,16+/m0/s1. The highest BCUT2D eigenvalue weighted by Crippen LogP contribution is 2.48. The van der Waals surface area contributed by atoms with E-state index >= 15 is 0 Å². The minimum absolute atomic E-state index is 0.392. The van der Waals surface area contributed by atoms with Crippen molar-refractivity contribution in [1.82, 2.24) is 10.2 Å². The van der Waals surface area contributed by atoms with Gasteiger partial charge in [-0.05, 0) is 17.7 Å². The molecule has 2 amide bonds. The highest BCUT2D eigenvalue weighted by Gasteiger charge is 2.68. The summed E-state index contributed by atoms with van der Waals surface area (Å²) in [5.74, 6) is -3.49. The minimum Gasteiger partial charge on any atom is -0.468 e. The van der Waals surface area contributed by atoms with E-state index in [2.05, 4.69) is 5.32 Å². The number of aliphatic hydroxyl groups is 1. The fraction of sp³-hybridized carbons (Fsp3) is 0.438. The van der Waals surface area contributed by atoms with Crippen molar-refractivity contribution in [3.8, 4) is 0 Å². The van der Waals surface area contributed by atoms with Gasteiger partial charge in [0, 0.05) is 18.1 Å². The summed E-state index contributed by atoms with van der Waals surface area (Å²) in [7, 11) is 2.55. The number of esters is 1. The number of hydrogen-bond donors (Lipinski definition) is 2. The molecule has 3 rings (SSSR count). The fourth-order valence-corrected chi connectivity index (χ4v) is 3.81. The molecule has 1 aromatic rings. The lowest BCUT2D eigenvalue weighted by Gasteiger charge is -2.29. The highest BCUT2D eigenvalue weighted by molar-refractivity contribution is 6.30. The Hall–Kier alpha value is -1.96. The van der Waals surface area contributed by atoms with E-state index < -0.39 is 47.8 Å². The van der Waals surface area contributed by atoms with Gasteiger partial charge in [-0.25, -0.2) is 4.79 Å². The molecule has 0 aromatic heterocycles. The molecule has 128 valence electrons. The lowest BCUT2D eigenvalue weighted by molar-refractivity contribution is -0.156. The van der Waals surface area contributed by atoms with Crippen molar-refractivity contribution < 1.29 is 24.2 Å². The van der Waals surface area contributed by atoms with Gasteiger partial charge in [-0.1, -0.05) is 23.7 Å². The van der Waals surface area contributed by atoms with Gasteiger partial charge in [-0.2, -0.15) is 0 Å². The van der Waals surface area contributed by atoms with Crippen molar-refractivity contribution in [3.05, 3.63) is 34.9 Å². The Morgan fingerprint density at radius 2 is 1.96 bits per heavy atom. The van der Waals surface area contributed by atoms with Crippen molar-refractivity contribution in [3.63, 3.8) is 0 Å². The number of nitrogens with zero attached hydrogens (tertiary/aromatic N) is 1. The number of halogens is 1. The van der Waals surface area contributed by atoms with Gasteiger partial charge in [0.05, 0.1) is 25.6 Å². The van der Waals surface area contributed by atoms with Gasteiger partial charge < -0.3 is 9.84 Å². The van der Waals surface area contributed by atoms with Gasteiger partial charge >= 0.3 is 5.97 Å². The van der Waals surface area contributed by atoms with Crippen LogP contribution >= 0.6 is 11.6 Å². The molecule has 2 aliphatic rings. The zero-order valence-corrected chi connectivity index (χ0v) is 13.9. The zero-order valence-electron chi connectivity index (χ0n) is 13.2. The largest absolute Gasteiger partial charge is 0.468 e. The van der Waals surface area contributed by atoms with Crippen molar-refractivity contribution in [2.24, 2.45) is 11.8 Å². The number of fused-ring (bicyclic) bond motifs is 1. The summed E-state index contributed by atoms with van der Waals surface area (Å²) in [6.45, 7) is -0.655. The molecule has 24 heavy (non-hydrogen) atoms. The molecule has 2 aliphatic heterocycles. The molecule has 0 spiro atoms. The molecule has 4 atom stereocenters. The van der Waals surface area contributed by atoms with Crippen molar-refractivity contribution in [2.75, 3.05) is 20.8 Å². The molecule has 2 N–H and O–H groups in total. The minimum atomic E-state index is -1.65. The number of aliphatic hydroxyl groups excluding tert-OH is 1. The molecule has 0 aliphatic carbocycles. The highest BCUT2D eigenvalue weighted by atomic mass is 35.5. The summed E-state index contributed by atoms with van der Waals surface area (Å²) >= 11 is 5.90. The van der Waals surface area contributed by atoms with Gasteiger partial charge in [0.1, 0.15) is 0 Å². The number of amides is 2. The average Bonchev–Trinajstić information content (AvgIpc) is 3.05. The van der Waals surface area contributed by atoms with Crippen molar-refractivity contribution in [2.45, 2.75) is 11.6 Å². The molecular formula is C16H17ClN2O5. The van der Waals surface area contributed by atoms with Crippen LogP contribution in [0.3, 0.4) is 0 Å². The molecule has 0 bridgehead atoms. The Labute approximate surface area is 143 Å². The Kier molecular flexibility index (Phi) is 4.11. The molecule has 8 heteroatoms. The van der Waals surface area contributed by atoms with Crippen LogP contribution in [0.4, 0.5) is 0 Å². The molecular weight excluding hydrogens is 336 g/mol. The predicted molar refractivity (Wildman–Crippen MR) is 83.9 cm³/mol. The number of rotatable bonds is 3. The van der Waals surface area contributed by atoms with Crippen molar-refractivity contribution >= 4 is 29.4 Å². The quantitative estimate of drug-likeness (QED) is 0.592. The lowest BCUT2D eigenvalue weighted by Crippen LogP contribution is -2.58. The first-order chi connectivity index (χ1) is 11.4. The number of carbonyl (C=O) groups is 3. The molecule has 0 saturated carbocycles. The second-order valence-electron chi connectivity index (χ2n) is 6.03. The monoisotopic (exact) mass is 352 g/mol. The summed E-state index contributed by atoms with van der Waals surface area (Å²) in [5, 5.41) is 13.4. The molecule has 2 fully saturated rings. The van der Waals surface area contributed by atoms with E-state index in [4.69, 9.17) is 16.3 Å². The second-order valence-corrected chi connectivity index (χ2v) is 6.47. The molecule has 0 radical (unpaired) electrons. The van der Waals surface area contributed by atoms with Crippen LogP contribution in [0.15, 0.2) is 24.3 Å². The summed E-state index contributed by atoms with van der Waals surface area (Å²) in [4.78, 5) is 38.5.